The van der Waals surface area contributed by atoms with Crippen molar-refractivity contribution in [3.8, 4) is 0 Å². The smallest absolute Gasteiger partial charge is 0.299 e. The number of pyridine rings is 2. The van der Waals surface area contributed by atoms with E-state index >= 15 is 0 Å². The quantitative estimate of drug-likeness (QED) is 0.585. The lowest BCUT2D eigenvalue weighted by atomic mass is 9.90. The lowest BCUT2D eigenvalue weighted by Gasteiger charge is -2.20. The van der Waals surface area contributed by atoms with E-state index in [-0.39, 0.29) is 23.4 Å². The molecule has 7 nitrogen and oxygen atoms in total. The summed E-state index contributed by atoms with van der Waals surface area (Å²) in [6.07, 6.45) is 5.02. The van der Waals surface area contributed by atoms with Crippen molar-refractivity contribution in [3.05, 3.63) is 68.6 Å². The first kappa shape index (κ1) is 18.9. The van der Waals surface area contributed by atoms with Crippen LogP contribution in [0.4, 0.5) is 14.5 Å². The fraction of sp³-hybridized carbons (Fsp3) is 0.250. The third-order valence-corrected chi connectivity index (χ3v) is 5.21. The van der Waals surface area contributed by atoms with Gasteiger partial charge in [0.25, 0.3) is 11.5 Å². The Morgan fingerprint density at radius 3 is 2.79 bits per heavy atom. The number of hydrogen-bond donors (Lipinski definition) is 3. The van der Waals surface area contributed by atoms with E-state index in [1.807, 2.05) is 0 Å². The normalized spacial score (nSPS) is 13.3. The predicted molar refractivity (Wildman–Crippen MR) is 102 cm³/mol. The number of hydrogen-bond acceptors (Lipinski definition) is 5. The Kier molecular flexibility index (Phi) is 4.65. The summed E-state index contributed by atoms with van der Waals surface area (Å²) in [4.78, 5) is 29.4. The Balaban J connectivity index is 1.76. The van der Waals surface area contributed by atoms with Crippen LogP contribution in [0.5, 0.6) is 0 Å². The van der Waals surface area contributed by atoms with Crippen molar-refractivity contribution < 1.29 is 18.8 Å². The van der Waals surface area contributed by atoms with Crippen LogP contribution < -0.4 is 16.6 Å². The zero-order chi connectivity index (χ0) is 20.7. The molecule has 0 saturated carbocycles. The molecule has 1 aliphatic rings. The minimum Gasteiger partial charge on any atom is -0.423 e. The molecule has 9 heteroatoms. The lowest BCUT2D eigenvalue weighted by molar-refractivity contribution is 0.0944. The van der Waals surface area contributed by atoms with Crippen molar-refractivity contribution in [2.75, 3.05) is 5.73 Å². The largest absolute Gasteiger partial charge is 0.423 e. The van der Waals surface area contributed by atoms with Crippen LogP contribution in [0.1, 0.15) is 39.9 Å². The van der Waals surface area contributed by atoms with Crippen LogP contribution in [-0.4, -0.2) is 20.8 Å². The van der Waals surface area contributed by atoms with Gasteiger partial charge >= 0.3 is 0 Å². The van der Waals surface area contributed by atoms with Crippen molar-refractivity contribution in [2.24, 2.45) is 0 Å². The number of amides is 1. The SMILES string of the molecule is Nc1c(C(=O)NCc2ccc(F)cc2F)c(=O)n(O)c2ncc3c(c12)CCCC3. The molecule has 1 amide bonds. The van der Waals surface area contributed by atoms with Gasteiger partial charge in [-0.1, -0.05) is 6.07 Å². The third-order valence-electron chi connectivity index (χ3n) is 5.21. The number of carbonyl (C=O) groups excluding carboxylic acids is 1. The first-order chi connectivity index (χ1) is 13.9. The summed E-state index contributed by atoms with van der Waals surface area (Å²) in [6, 6.07) is 2.96. The van der Waals surface area contributed by atoms with E-state index in [4.69, 9.17) is 5.73 Å². The molecule has 1 aliphatic carbocycles. The van der Waals surface area contributed by atoms with Crippen LogP contribution in [0, 0.1) is 11.6 Å². The number of nitrogens with two attached hydrogens (primary N) is 1. The molecule has 2 aromatic heterocycles. The number of nitrogen functional groups attached to an aromatic ring is 1. The summed E-state index contributed by atoms with van der Waals surface area (Å²) in [5.41, 5.74) is 6.52. The number of fused-ring (bicyclic) bond motifs is 3. The second-order valence-electron chi connectivity index (χ2n) is 6.99. The van der Waals surface area contributed by atoms with Crippen LogP contribution in [0.25, 0.3) is 11.0 Å². The number of aromatic nitrogens is 2. The first-order valence-electron chi connectivity index (χ1n) is 9.14. The Labute approximate surface area is 163 Å². The number of nitrogens with one attached hydrogen (secondary N) is 1. The second kappa shape index (κ2) is 7.16. The summed E-state index contributed by atoms with van der Waals surface area (Å²) >= 11 is 0. The van der Waals surface area contributed by atoms with Gasteiger partial charge in [-0.25, -0.2) is 13.8 Å². The molecule has 0 radical (unpaired) electrons. The molecular formula is C20H18F2N4O3. The summed E-state index contributed by atoms with van der Waals surface area (Å²) in [6.45, 7) is -0.279. The van der Waals surface area contributed by atoms with E-state index in [1.165, 1.54) is 6.07 Å². The van der Waals surface area contributed by atoms with Gasteiger partial charge in [0, 0.05) is 29.8 Å². The maximum atomic E-state index is 13.8. The Bertz CT molecular complexity index is 1210. The fourth-order valence-corrected chi connectivity index (χ4v) is 3.73. The summed E-state index contributed by atoms with van der Waals surface area (Å²) in [5, 5.41) is 13.1. The number of halogens is 2. The molecule has 4 N–H and O–H groups in total. The van der Waals surface area contributed by atoms with Gasteiger partial charge in [0.1, 0.15) is 17.2 Å². The van der Waals surface area contributed by atoms with Crippen molar-refractivity contribution in [3.63, 3.8) is 0 Å². The zero-order valence-corrected chi connectivity index (χ0v) is 15.3. The van der Waals surface area contributed by atoms with Gasteiger partial charge in [0.15, 0.2) is 5.65 Å². The number of rotatable bonds is 3. The minimum atomic E-state index is -1.02. The molecule has 3 aromatic rings. The molecule has 0 spiro atoms. The molecular weight excluding hydrogens is 382 g/mol. The molecule has 1 aromatic carbocycles. The van der Waals surface area contributed by atoms with Gasteiger partial charge in [0.05, 0.1) is 5.69 Å². The van der Waals surface area contributed by atoms with Gasteiger partial charge in [-0.2, -0.15) is 0 Å². The molecule has 0 unspecified atom stereocenters. The molecule has 0 saturated heterocycles. The summed E-state index contributed by atoms with van der Waals surface area (Å²) < 4.78 is 27.1. The van der Waals surface area contributed by atoms with E-state index in [1.54, 1.807) is 6.20 Å². The van der Waals surface area contributed by atoms with E-state index in [0.717, 1.165) is 36.5 Å². The van der Waals surface area contributed by atoms with Crippen LogP contribution in [-0.2, 0) is 19.4 Å². The predicted octanol–water partition coefficient (Wildman–Crippen LogP) is 2.30. The Morgan fingerprint density at radius 2 is 2.03 bits per heavy atom. The van der Waals surface area contributed by atoms with Crippen LogP contribution in [0.3, 0.4) is 0 Å². The molecule has 150 valence electrons. The maximum absolute atomic E-state index is 13.8. The topological polar surface area (TPSA) is 110 Å². The molecule has 29 heavy (non-hydrogen) atoms. The average molecular weight is 400 g/mol. The van der Waals surface area contributed by atoms with Crippen molar-refractivity contribution in [1.29, 1.82) is 0 Å². The van der Waals surface area contributed by atoms with Gasteiger partial charge in [0.2, 0.25) is 0 Å². The van der Waals surface area contributed by atoms with Crippen molar-refractivity contribution >= 4 is 22.6 Å². The standard InChI is InChI=1S/C20H18F2N4O3/c21-12-6-5-11(14(22)7-12)9-25-19(27)16-17(23)15-13-4-2-1-3-10(13)8-24-18(15)26(29)20(16)28/h5-8,29H,1-4,9,23H2,(H,25,27). The number of aryl methyl sites for hydroxylation is 2. The van der Waals surface area contributed by atoms with Crippen LogP contribution >= 0.6 is 0 Å². The highest BCUT2D eigenvalue weighted by Gasteiger charge is 2.25. The van der Waals surface area contributed by atoms with E-state index < -0.39 is 28.7 Å². The highest BCUT2D eigenvalue weighted by atomic mass is 19.1. The zero-order valence-electron chi connectivity index (χ0n) is 15.3. The molecule has 2 heterocycles. The maximum Gasteiger partial charge on any atom is 0.299 e. The second-order valence-corrected chi connectivity index (χ2v) is 6.99. The summed E-state index contributed by atoms with van der Waals surface area (Å²) in [5.74, 6) is -2.43. The fourth-order valence-electron chi connectivity index (χ4n) is 3.73. The van der Waals surface area contributed by atoms with Gasteiger partial charge in [-0.05, 0) is 42.9 Å². The van der Waals surface area contributed by atoms with Gasteiger partial charge in [-0.15, -0.1) is 4.73 Å². The number of carbonyl (C=O) groups is 1. The van der Waals surface area contributed by atoms with Crippen molar-refractivity contribution in [2.45, 2.75) is 32.2 Å². The van der Waals surface area contributed by atoms with E-state index in [0.29, 0.717) is 22.6 Å². The molecule has 0 bridgehead atoms. The average Bonchev–Trinajstić information content (AvgIpc) is 2.70. The van der Waals surface area contributed by atoms with Gasteiger partial charge in [-0.3, -0.25) is 9.59 Å². The molecule has 4 rings (SSSR count). The molecule has 0 fully saturated rings. The minimum absolute atomic E-state index is 0.00530. The number of anilines is 1. The summed E-state index contributed by atoms with van der Waals surface area (Å²) in [7, 11) is 0. The number of benzene rings is 1. The van der Waals surface area contributed by atoms with Crippen LogP contribution in [0.15, 0.2) is 29.2 Å². The lowest BCUT2D eigenvalue weighted by Crippen LogP contribution is -2.34. The monoisotopic (exact) mass is 400 g/mol. The highest BCUT2D eigenvalue weighted by molar-refractivity contribution is 6.06. The van der Waals surface area contributed by atoms with E-state index in [2.05, 4.69) is 10.3 Å². The van der Waals surface area contributed by atoms with Gasteiger partial charge < -0.3 is 16.3 Å². The highest BCUT2D eigenvalue weighted by Crippen LogP contribution is 2.31. The number of nitrogens with zero attached hydrogens (tertiary/aromatic N) is 2. The first-order valence-corrected chi connectivity index (χ1v) is 9.14. The van der Waals surface area contributed by atoms with Crippen LogP contribution in [0.2, 0.25) is 0 Å². The van der Waals surface area contributed by atoms with Crippen molar-refractivity contribution in [1.82, 2.24) is 15.0 Å². The third kappa shape index (κ3) is 3.18. The molecule has 0 aliphatic heterocycles. The molecule has 0 atom stereocenters. The van der Waals surface area contributed by atoms with E-state index in [9.17, 15) is 23.6 Å². The Morgan fingerprint density at radius 1 is 1.28 bits per heavy atom. The Hall–Kier alpha value is -3.49.